The van der Waals surface area contributed by atoms with Crippen molar-refractivity contribution in [3.8, 4) is 0 Å². The fraction of sp³-hybridized carbons (Fsp3) is 0.364. The summed E-state index contributed by atoms with van der Waals surface area (Å²) in [4.78, 5) is 26.8. The molecule has 2 aromatic rings. The molecule has 3 rings (SSSR count). The smallest absolute Gasteiger partial charge is 0.337 e. The van der Waals surface area contributed by atoms with Gasteiger partial charge in [0.25, 0.3) is 10.0 Å². The van der Waals surface area contributed by atoms with Crippen molar-refractivity contribution in [3.63, 3.8) is 0 Å². The van der Waals surface area contributed by atoms with E-state index in [9.17, 15) is 31.9 Å². The number of carboxylic acid groups (broad SMARTS) is 1. The van der Waals surface area contributed by atoms with Gasteiger partial charge < -0.3 is 15.3 Å². The first-order chi connectivity index (χ1) is 16.0. The van der Waals surface area contributed by atoms with E-state index in [1.807, 2.05) is 23.6 Å². The van der Waals surface area contributed by atoms with Crippen molar-refractivity contribution in [1.82, 2.24) is 10.2 Å². The number of piperazine rings is 1. The van der Waals surface area contributed by atoms with Crippen LogP contribution in [-0.4, -0.2) is 69.1 Å². The number of rotatable bonds is 8. The average molecular weight is 497 g/mol. The number of carbonyl (C=O) groups excluding carboxylic acids is 1. The number of carboxylic acids is 1. The minimum atomic E-state index is -4.49. The fourth-order valence-electron chi connectivity index (χ4n) is 3.66. The van der Waals surface area contributed by atoms with Crippen LogP contribution in [0.25, 0.3) is 0 Å². The van der Waals surface area contributed by atoms with E-state index in [1.165, 1.54) is 12.1 Å². The van der Waals surface area contributed by atoms with Gasteiger partial charge in [0.15, 0.2) is 0 Å². The zero-order valence-corrected chi connectivity index (χ0v) is 19.5. The molecule has 9 nitrogen and oxygen atoms in total. The van der Waals surface area contributed by atoms with E-state index in [-0.39, 0.29) is 29.7 Å². The summed E-state index contributed by atoms with van der Waals surface area (Å²) < 4.78 is 54.5. The van der Waals surface area contributed by atoms with Crippen molar-refractivity contribution in [3.05, 3.63) is 53.6 Å². The number of sulfonamides is 1. The van der Waals surface area contributed by atoms with Crippen molar-refractivity contribution < 1.29 is 31.9 Å². The van der Waals surface area contributed by atoms with Gasteiger partial charge in [-0.25, -0.2) is 22.0 Å². The molecular weight excluding hydrogens is 470 g/mol. The van der Waals surface area contributed by atoms with Crippen LogP contribution in [0.5, 0.6) is 0 Å². The second-order valence-electron chi connectivity index (χ2n) is 8.20. The first-order valence-electron chi connectivity index (χ1n) is 10.6. The van der Waals surface area contributed by atoms with Gasteiger partial charge >= 0.3 is 5.97 Å². The average Bonchev–Trinajstić information content (AvgIpc) is 2.75. The number of aromatic carboxylic acids is 1. The molecule has 1 aliphatic heterocycles. The second-order valence-corrected chi connectivity index (χ2v) is 9.85. The summed E-state index contributed by atoms with van der Waals surface area (Å²) in [5.41, 5.74) is 0.137. The topological polar surface area (TPSA) is 119 Å². The molecule has 34 heavy (non-hydrogen) atoms. The molecule has 0 saturated carbocycles. The summed E-state index contributed by atoms with van der Waals surface area (Å²) in [5, 5.41) is 12.5. The Morgan fingerprint density at radius 3 is 2.35 bits per heavy atom. The SMILES string of the molecule is CC(C)NC(=O)CN1CCN(c2ccc(NS(=O)(=O)c3cc(F)ccc3F)cc2C(=O)O)CC1. The molecule has 1 amide bonds. The number of benzene rings is 2. The first kappa shape index (κ1) is 25.4. The van der Waals surface area contributed by atoms with Gasteiger partial charge in [-0.3, -0.25) is 14.4 Å². The van der Waals surface area contributed by atoms with Crippen LogP contribution < -0.4 is 14.9 Å². The number of halogens is 2. The molecule has 184 valence electrons. The van der Waals surface area contributed by atoms with Gasteiger partial charge in [-0.2, -0.15) is 0 Å². The number of hydrogen-bond acceptors (Lipinski definition) is 6. The van der Waals surface area contributed by atoms with Gasteiger partial charge in [0.05, 0.1) is 17.8 Å². The summed E-state index contributed by atoms with van der Waals surface area (Å²) in [6, 6.07) is 6.04. The maximum absolute atomic E-state index is 13.9. The van der Waals surface area contributed by atoms with Crippen LogP contribution in [0, 0.1) is 11.6 Å². The highest BCUT2D eigenvalue weighted by Crippen LogP contribution is 2.27. The Bertz CT molecular complexity index is 1180. The lowest BCUT2D eigenvalue weighted by Gasteiger charge is -2.36. The quantitative estimate of drug-likeness (QED) is 0.512. The van der Waals surface area contributed by atoms with Crippen molar-refractivity contribution >= 4 is 33.3 Å². The van der Waals surface area contributed by atoms with Crippen LogP contribution in [0.3, 0.4) is 0 Å². The summed E-state index contributed by atoms with van der Waals surface area (Å²) in [5.74, 6) is -3.42. The number of anilines is 2. The molecule has 3 N–H and O–H groups in total. The van der Waals surface area contributed by atoms with E-state index in [0.29, 0.717) is 44.0 Å². The van der Waals surface area contributed by atoms with Crippen LogP contribution in [0.15, 0.2) is 41.3 Å². The Morgan fingerprint density at radius 1 is 1.06 bits per heavy atom. The zero-order valence-electron chi connectivity index (χ0n) is 18.7. The molecule has 0 bridgehead atoms. The van der Waals surface area contributed by atoms with Gasteiger partial charge in [0.1, 0.15) is 16.5 Å². The van der Waals surface area contributed by atoms with E-state index < -0.39 is 32.5 Å². The lowest BCUT2D eigenvalue weighted by atomic mass is 10.1. The Balaban J connectivity index is 1.75. The summed E-state index contributed by atoms with van der Waals surface area (Å²) in [6.45, 7) is 6.01. The highest BCUT2D eigenvalue weighted by Gasteiger charge is 2.25. The third kappa shape index (κ3) is 6.20. The van der Waals surface area contributed by atoms with E-state index in [1.54, 1.807) is 0 Å². The maximum atomic E-state index is 13.9. The fourth-order valence-corrected chi connectivity index (χ4v) is 4.80. The highest BCUT2D eigenvalue weighted by molar-refractivity contribution is 7.92. The third-order valence-corrected chi connectivity index (χ3v) is 6.59. The van der Waals surface area contributed by atoms with Crippen LogP contribution in [-0.2, 0) is 14.8 Å². The van der Waals surface area contributed by atoms with Crippen LogP contribution in [0.1, 0.15) is 24.2 Å². The predicted octanol–water partition coefficient (Wildman–Crippen LogP) is 2.11. The standard InChI is InChI=1S/C22H26F2N4O5S/c1-14(2)25-21(29)13-27-7-9-28(10-8-27)19-6-4-16(12-17(19)22(30)31)26-34(32,33)20-11-15(23)3-5-18(20)24/h3-6,11-12,14,26H,7-10,13H2,1-2H3,(H,25,29)(H,30,31). The van der Waals surface area contributed by atoms with Gasteiger partial charge in [0.2, 0.25) is 5.91 Å². The van der Waals surface area contributed by atoms with Gasteiger partial charge in [0, 0.05) is 37.9 Å². The molecule has 0 atom stereocenters. The number of nitrogens with zero attached hydrogens (tertiary/aromatic N) is 2. The monoisotopic (exact) mass is 496 g/mol. The van der Waals surface area contributed by atoms with Crippen LogP contribution in [0.2, 0.25) is 0 Å². The molecule has 0 radical (unpaired) electrons. The third-order valence-electron chi connectivity index (χ3n) is 5.19. The molecule has 12 heteroatoms. The van der Waals surface area contributed by atoms with Crippen molar-refractivity contribution in [2.75, 3.05) is 42.3 Å². The predicted molar refractivity (Wildman–Crippen MR) is 122 cm³/mol. The maximum Gasteiger partial charge on any atom is 0.337 e. The molecule has 0 aliphatic carbocycles. The number of nitrogens with one attached hydrogen (secondary N) is 2. The number of carbonyl (C=O) groups is 2. The minimum Gasteiger partial charge on any atom is -0.478 e. The van der Waals surface area contributed by atoms with Crippen molar-refractivity contribution in [2.24, 2.45) is 0 Å². The zero-order chi connectivity index (χ0) is 25.0. The Kier molecular flexibility index (Phi) is 7.72. The van der Waals surface area contributed by atoms with E-state index >= 15 is 0 Å². The van der Waals surface area contributed by atoms with Gasteiger partial charge in [-0.15, -0.1) is 0 Å². The van der Waals surface area contributed by atoms with E-state index in [2.05, 4.69) is 10.0 Å². The van der Waals surface area contributed by atoms with E-state index in [4.69, 9.17) is 0 Å². The Hall–Kier alpha value is -3.25. The Morgan fingerprint density at radius 2 is 1.74 bits per heavy atom. The number of hydrogen-bond donors (Lipinski definition) is 3. The largest absolute Gasteiger partial charge is 0.478 e. The lowest BCUT2D eigenvalue weighted by Crippen LogP contribution is -2.50. The van der Waals surface area contributed by atoms with Gasteiger partial charge in [-0.05, 0) is 50.2 Å². The Labute approximate surface area is 196 Å². The molecule has 0 unspecified atom stereocenters. The summed E-state index contributed by atoms with van der Waals surface area (Å²) >= 11 is 0. The highest BCUT2D eigenvalue weighted by atomic mass is 32.2. The van der Waals surface area contributed by atoms with Crippen molar-refractivity contribution in [1.29, 1.82) is 0 Å². The van der Waals surface area contributed by atoms with Crippen molar-refractivity contribution in [2.45, 2.75) is 24.8 Å². The molecule has 1 saturated heterocycles. The molecule has 0 spiro atoms. The van der Waals surface area contributed by atoms with Crippen LogP contribution in [0.4, 0.5) is 20.2 Å². The molecular formula is C22H26F2N4O5S. The van der Waals surface area contributed by atoms with E-state index in [0.717, 1.165) is 12.1 Å². The van der Waals surface area contributed by atoms with Gasteiger partial charge in [-0.1, -0.05) is 0 Å². The molecule has 0 aromatic heterocycles. The summed E-state index contributed by atoms with van der Waals surface area (Å²) in [6.07, 6.45) is 0. The van der Waals surface area contributed by atoms with Crippen LogP contribution >= 0.6 is 0 Å². The lowest BCUT2D eigenvalue weighted by molar-refractivity contribution is -0.122. The summed E-state index contributed by atoms with van der Waals surface area (Å²) in [7, 11) is -4.49. The molecule has 1 fully saturated rings. The minimum absolute atomic E-state index is 0.0419. The molecule has 2 aromatic carbocycles. The number of amides is 1. The molecule has 1 heterocycles. The first-order valence-corrected chi connectivity index (χ1v) is 12.1. The normalized spacial score (nSPS) is 14.8. The second kappa shape index (κ2) is 10.3. The molecule has 1 aliphatic rings.